The molecule has 2 aliphatic rings. The van der Waals surface area contributed by atoms with Crippen molar-refractivity contribution >= 4 is 11.8 Å². The first-order valence-corrected chi connectivity index (χ1v) is 8.86. The zero-order chi connectivity index (χ0) is 17.1. The van der Waals surface area contributed by atoms with Gasteiger partial charge in [-0.15, -0.1) is 0 Å². The predicted molar refractivity (Wildman–Crippen MR) is 94.9 cm³/mol. The Labute approximate surface area is 144 Å². The van der Waals surface area contributed by atoms with Gasteiger partial charge in [-0.1, -0.05) is 29.3 Å². The van der Waals surface area contributed by atoms with Crippen LogP contribution in [0.15, 0.2) is 30.4 Å². The van der Waals surface area contributed by atoms with E-state index in [1.54, 1.807) is 0 Å². The van der Waals surface area contributed by atoms with Crippen LogP contribution in [0.5, 0.6) is 0 Å². The van der Waals surface area contributed by atoms with Crippen molar-refractivity contribution < 1.29 is 9.59 Å². The van der Waals surface area contributed by atoms with Crippen molar-refractivity contribution in [3.8, 4) is 0 Å². The Hall–Kier alpha value is -2.10. The van der Waals surface area contributed by atoms with Crippen molar-refractivity contribution in [3.63, 3.8) is 0 Å². The Kier molecular flexibility index (Phi) is 5.03. The molecule has 0 aromatic heterocycles. The van der Waals surface area contributed by atoms with E-state index in [1.807, 2.05) is 35.8 Å². The van der Waals surface area contributed by atoms with E-state index in [-0.39, 0.29) is 17.7 Å². The molecule has 1 fully saturated rings. The predicted octanol–water partition coefficient (Wildman–Crippen LogP) is 2.94. The molecule has 1 heterocycles. The van der Waals surface area contributed by atoms with Crippen molar-refractivity contribution in [3.05, 3.63) is 47.0 Å². The number of benzene rings is 1. The highest BCUT2D eigenvalue weighted by Crippen LogP contribution is 2.21. The van der Waals surface area contributed by atoms with E-state index in [0.717, 1.165) is 36.0 Å². The molecule has 24 heavy (non-hydrogen) atoms. The van der Waals surface area contributed by atoms with Crippen molar-refractivity contribution in [1.82, 2.24) is 9.80 Å². The summed E-state index contributed by atoms with van der Waals surface area (Å²) in [6.07, 6.45) is 7.09. The lowest BCUT2D eigenvalue weighted by molar-refractivity contribution is -0.137. The van der Waals surface area contributed by atoms with Gasteiger partial charge in [0.1, 0.15) is 0 Å². The monoisotopic (exact) mass is 326 g/mol. The van der Waals surface area contributed by atoms with Gasteiger partial charge in [0.15, 0.2) is 0 Å². The van der Waals surface area contributed by atoms with E-state index in [4.69, 9.17) is 0 Å². The number of piperazine rings is 1. The first kappa shape index (κ1) is 16.7. The van der Waals surface area contributed by atoms with Crippen LogP contribution in [0.1, 0.15) is 40.7 Å². The van der Waals surface area contributed by atoms with E-state index < -0.39 is 0 Å². The standard InChI is InChI=1S/C20H26N2O2/c1-15-12-16(2)14-18(13-15)20(24)22-10-8-21(9-11-22)19(23)17-6-4-3-5-7-17/h3-4,12-14,17H,5-11H2,1-2H3/t17-/m1/s1. The van der Waals surface area contributed by atoms with E-state index >= 15 is 0 Å². The van der Waals surface area contributed by atoms with E-state index in [9.17, 15) is 9.59 Å². The third-order valence-electron chi connectivity index (χ3n) is 4.97. The summed E-state index contributed by atoms with van der Waals surface area (Å²) in [6.45, 7) is 6.57. The summed E-state index contributed by atoms with van der Waals surface area (Å²) >= 11 is 0. The first-order valence-electron chi connectivity index (χ1n) is 8.86. The molecule has 1 aromatic carbocycles. The molecule has 0 bridgehead atoms. The zero-order valence-corrected chi connectivity index (χ0v) is 14.6. The van der Waals surface area contributed by atoms with Crippen molar-refractivity contribution in [2.75, 3.05) is 26.2 Å². The molecule has 1 atom stereocenters. The largest absolute Gasteiger partial charge is 0.339 e. The molecule has 1 saturated heterocycles. The van der Waals surface area contributed by atoms with E-state index in [0.29, 0.717) is 26.2 Å². The highest BCUT2D eigenvalue weighted by molar-refractivity contribution is 5.94. The molecule has 4 nitrogen and oxygen atoms in total. The van der Waals surface area contributed by atoms with E-state index in [1.165, 1.54) is 0 Å². The summed E-state index contributed by atoms with van der Waals surface area (Å²) in [7, 11) is 0. The maximum atomic E-state index is 12.7. The molecule has 0 spiro atoms. The second-order valence-electron chi connectivity index (χ2n) is 6.98. The van der Waals surface area contributed by atoms with Crippen LogP contribution in [0.2, 0.25) is 0 Å². The van der Waals surface area contributed by atoms with Crippen LogP contribution in [0.25, 0.3) is 0 Å². The summed E-state index contributed by atoms with van der Waals surface area (Å²) in [5, 5.41) is 0. The van der Waals surface area contributed by atoms with Crippen LogP contribution in [-0.4, -0.2) is 47.8 Å². The van der Waals surface area contributed by atoms with Crippen LogP contribution in [0.3, 0.4) is 0 Å². The smallest absolute Gasteiger partial charge is 0.253 e. The van der Waals surface area contributed by atoms with Gasteiger partial charge in [-0.05, 0) is 45.2 Å². The fraction of sp³-hybridized carbons (Fsp3) is 0.500. The molecule has 0 N–H and O–H groups in total. The lowest BCUT2D eigenvalue weighted by Gasteiger charge is -2.36. The Morgan fingerprint density at radius 3 is 2.12 bits per heavy atom. The first-order chi connectivity index (χ1) is 11.5. The number of hydrogen-bond acceptors (Lipinski definition) is 2. The van der Waals surface area contributed by atoms with E-state index in [2.05, 4.69) is 18.2 Å². The fourth-order valence-electron chi connectivity index (χ4n) is 3.69. The maximum absolute atomic E-state index is 12.7. The summed E-state index contributed by atoms with van der Waals surface area (Å²) in [5.74, 6) is 0.476. The van der Waals surface area contributed by atoms with Gasteiger partial charge in [-0.2, -0.15) is 0 Å². The second kappa shape index (κ2) is 7.20. The quantitative estimate of drug-likeness (QED) is 0.784. The molecule has 4 heteroatoms. The van der Waals surface area contributed by atoms with Crippen LogP contribution in [0, 0.1) is 19.8 Å². The Morgan fingerprint density at radius 2 is 1.54 bits per heavy atom. The zero-order valence-electron chi connectivity index (χ0n) is 14.6. The highest BCUT2D eigenvalue weighted by Gasteiger charge is 2.29. The van der Waals surface area contributed by atoms with Gasteiger partial charge in [0.2, 0.25) is 5.91 Å². The summed E-state index contributed by atoms with van der Waals surface area (Å²) in [5.41, 5.74) is 2.97. The number of allylic oxidation sites excluding steroid dienone is 2. The molecule has 128 valence electrons. The molecular formula is C20H26N2O2. The maximum Gasteiger partial charge on any atom is 0.253 e. The highest BCUT2D eigenvalue weighted by atomic mass is 16.2. The Bertz CT molecular complexity index is 637. The van der Waals surface area contributed by atoms with Gasteiger partial charge in [-0.25, -0.2) is 0 Å². The van der Waals surface area contributed by atoms with Crippen molar-refractivity contribution in [2.45, 2.75) is 33.1 Å². The number of hydrogen-bond donors (Lipinski definition) is 0. The van der Waals surface area contributed by atoms with Crippen LogP contribution in [0.4, 0.5) is 0 Å². The summed E-state index contributed by atoms with van der Waals surface area (Å²) < 4.78 is 0. The van der Waals surface area contributed by atoms with Gasteiger partial charge >= 0.3 is 0 Å². The minimum absolute atomic E-state index is 0.0782. The van der Waals surface area contributed by atoms with Crippen molar-refractivity contribution in [1.29, 1.82) is 0 Å². The topological polar surface area (TPSA) is 40.6 Å². The van der Waals surface area contributed by atoms with Crippen LogP contribution < -0.4 is 0 Å². The molecule has 1 aliphatic heterocycles. The number of rotatable bonds is 2. The third kappa shape index (κ3) is 3.69. The van der Waals surface area contributed by atoms with Crippen LogP contribution >= 0.6 is 0 Å². The van der Waals surface area contributed by atoms with Crippen LogP contribution in [-0.2, 0) is 4.79 Å². The molecule has 2 amide bonds. The number of carbonyl (C=O) groups is 2. The minimum atomic E-state index is 0.0782. The van der Waals surface area contributed by atoms with Gasteiger partial charge in [0.25, 0.3) is 5.91 Å². The van der Waals surface area contributed by atoms with Gasteiger partial charge < -0.3 is 9.80 Å². The number of amides is 2. The molecule has 3 rings (SSSR count). The molecular weight excluding hydrogens is 300 g/mol. The van der Waals surface area contributed by atoms with Crippen molar-refractivity contribution in [2.24, 2.45) is 5.92 Å². The third-order valence-corrected chi connectivity index (χ3v) is 4.97. The molecule has 0 radical (unpaired) electrons. The SMILES string of the molecule is Cc1cc(C)cc(C(=O)N2CCN(C(=O)[C@@H]3CC=CCC3)CC2)c1. The molecule has 1 aliphatic carbocycles. The average Bonchev–Trinajstić information content (AvgIpc) is 2.60. The normalized spacial score (nSPS) is 21.0. The average molecular weight is 326 g/mol. The lowest BCUT2D eigenvalue weighted by atomic mass is 9.93. The lowest BCUT2D eigenvalue weighted by Crippen LogP contribution is -2.52. The van der Waals surface area contributed by atoms with Gasteiger partial charge in [-0.3, -0.25) is 9.59 Å². The number of aryl methyl sites for hydroxylation is 2. The summed E-state index contributed by atoms with van der Waals surface area (Å²) in [4.78, 5) is 29.1. The van der Waals surface area contributed by atoms with Gasteiger partial charge in [0.05, 0.1) is 0 Å². The molecule has 0 saturated carbocycles. The molecule has 1 aromatic rings. The fourth-order valence-corrected chi connectivity index (χ4v) is 3.69. The number of nitrogens with zero attached hydrogens (tertiary/aromatic N) is 2. The minimum Gasteiger partial charge on any atom is -0.339 e. The second-order valence-corrected chi connectivity index (χ2v) is 6.98. The number of carbonyl (C=O) groups excluding carboxylic acids is 2. The summed E-state index contributed by atoms with van der Waals surface area (Å²) in [6, 6.07) is 5.97. The molecule has 0 unspecified atom stereocenters. The Morgan fingerprint density at radius 1 is 0.917 bits per heavy atom. The Balaban J connectivity index is 1.59. The van der Waals surface area contributed by atoms with Gasteiger partial charge in [0, 0.05) is 37.7 Å².